The highest BCUT2D eigenvalue weighted by Crippen LogP contribution is 2.19. The van der Waals surface area contributed by atoms with Gasteiger partial charge in [0.15, 0.2) is 9.76 Å². The zero-order valence-electron chi connectivity index (χ0n) is 7.89. The van der Waals surface area contributed by atoms with Crippen molar-refractivity contribution in [2.24, 2.45) is 0 Å². The van der Waals surface area contributed by atoms with Gasteiger partial charge >= 0.3 is 0 Å². The van der Waals surface area contributed by atoms with Crippen molar-refractivity contribution in [1.82, 2.24) is 15.4 Å². The molecule has 0 saturated heterocycles. The van der Waals surface area contributed by atoms with Gasteiger partial charge in [-0.1, -0.05) is 0 Å². The summed E-state index contributed by atoms with van der Waals surface area (Å²) in [5.74, 6) is 0. The predicted octanol–water partition coefficient (Wildman–Crippen LogP) is 0.927. The van der Waals surface area contributed by atoms with Crippen LogP contribution in [0.3, 0.4) is 0 Å². The van der Waals surface area contributed by atoms with Crippen LogP contribution in [0.1, 0.15) is 5.69 Å². The Labute approximate surface area is 83.1 Å². The Morgan fingerprint density at radius 3 is 3.20 bits per heavy atom. The summed E-state index contributed by atoms with van der Waals surface area (Å²) < 4.78 is 4.93. The summed E-state index contributed by atoms with van der Waals surface area (Å²) in [4.78, 5) is 11.2. The van der Waals surface area contributed by atoms with E-state index in [1.54, 1.807) is 12.1 Å². The number of hydrogen-bond donors (Lipinski definition) is 1. The van der Waals surface area contributed by atoms with Crippen molar-refractivity contribution >= 4 is 21.9 Å². The van der Waals surface area contributed by atoms with Gasteiger partial charge < -0.3 is 0 Å². The maximum absolute atomic E-state index is 11.2. The van der Waals surface area contributed by atoms with Gasteiger partial charge in [0.2, 0.25) is 0 Å². The van der Waals surface area contributed by atoms with Crippen LogP contribution in [-0.2, 0) is 0 Å². The topological polar surface area (TPSA) is 77.7 Å². The van der Waals surface area contributed by atoms with Crippen LogP contribution >= 0.6 is 0 Å². The second-order valence-corrected chi connectivity index (χ2v) is 3.33. The maximum Gasteiger partial charge on any atom is 0.288 e. The Hall–Kier alpha value is -2.24. The highest BCUT2D eigenvalue weighted by molar-refractivity contribution is 6.00. The summed E-state index contributed by atoms with van der Waals surface area (Å²) in [7, 11) is 0. The molecule has 1 N–H and O–H groups in total. The molecule has 2 heterocycles. The van der Waals surface area contributed by atoms with Crippen LogP contribution in [0.2, 0.25) is 0 Å². The van der Waals surface area contributed by atoms with E-state index in [1.165, 1.54) is 0 Å². The highest BCUT2D eigenvalue weighted by atomic mass is 16.7. The third-order valence-corrected chi connectivity index (χ3v) is 2.30. The van der Waals surface area contributed by atoms with Crippen LogP contribution in [0.15, 0.2) is 22.8 Å². The molecule has 1 aromatic carbocycles. The van der Waals surface area contributed by atoms with Crippen LogP contribution < -0.4 is 4.60 Å². The fourth-order valence-corrected chi connectivity index (χ4v) is 1.59. The third kappa shape index (κ3) is 1.04. The smallest absolute Gasteiger partial charge is 0.277 e. The van der Waals surface area contributed by atoms with Crippen LogP contribution in [0.4, 0.5) is 0 Å². The summed E-state index contributed by atoms with van der Waals surface area (Å²) in [6.45, 7) is 1.86. The monoisotopic (exact) mass is 203 g/mol. The van der Waals surface area contributed by atoms with Crippen molar-refractivity contribution < 1.29 is 9.23 Å². The minimum Gasteiger partial charge on any atom is -0.277 e. The van der Waals surface area contributed by atoms with Crippen LogP contribution in [0.25, 0.3) is 21.9 Å². The largest absolute Gasteiger partial charge is 0.288 e. The molecule has 0 amide bonds. The summed E-state index contributed by atoms with van der Waals surface area (Å²) in [6.07, 6.45) is 0. The van der Waals surface area contributed by atoms with Crippen LogP contribution in [0.5, 0.6) is 0 Å². The maximum atomic E-state index is 11.2. The molecule has 0 aliphatic carbocycles. The molecule has 2 aromatic heterocycles. The minimum atomic E-state index is 0.393. The van der Waals surface area contributed by atoms with Gasteiger partial charge in [-0.2, -0.15) is 5.10 Å². The highest BCUT2D eigenvalue weighted by Gasteiger charge is 2.17. The molecule has 3 aromatic rings. The van der Waals surface area contributed by atoms with Crippen molar-refractivity contribution in [3.63, 3.8) is 0 Å². The number of fused-ring (bicyclic) bond motifs is 3. The second kappa shape index (κ2) is 2.63. The molecule has 0 unspecified atom stereocenters. The minimum absolute atomic E-state index is 0.393. The Balaban J connectivity index is 2.63. The Bertz CT molecular complexity index is 713. The molecule has 74 valence electrons. The van der Waals surface area contributed by atoms with Gasteiger partial charge in [0.1, 0.15) is 0 Å². The lowest BCUT2D eigenvalue weighted by atomic mass is 10.2. The summed E-state index contributed by atoms with van der Waals surface area (Å²) in [5, 5.41) is 11.5. The Kier molecular flexibility index (Phi) is 1.42. The summed E-state index contributed by atoms with van der Waals surface area (Å²) in [6, 6.07) is 5.28. The Morgan fingerprint density at radius 1 is 1.47 bits per heavy atom. The number of nitrogens with zero attached hydrogens (tertiary/aromatic N) is 3. The number of benzene rings is 1. The van der Waals surface area contributed by atoms with E-state index in [1.807, 2.05) is 13.0 Å². The quantitative estimate of drug-likeness (QED) is 0.589. The molecule has 0 fully saturated rings. The molecular weight excluding hydrogens is 196 g/mol. The molecule has 0 radical (unpaired) electrons. The second-order valence-electron chi connectivity index (χ2n) is 3.33. The molecule has 3 rings (SSSR count). The zero-order valence-corrected chi connectivity index (χ0v) is 7.89. The SMILES string of the molecule is Cc1cc2c(ccc3c2no[n+]3=O)[nH]n1. The Morgan fingerprint density at radius 2 is 2.33 bits per heavy atom. The van der Waals surface area contributed by atoms with E-state index >= 15 is 0 Å². The van der Waals surface area contributed by atoms with Crippen molar-refractivity contribution in [1.29, 1.82) is 0 Å². The molecule has 0 spiro atoms. The van der Waals surface area contributed by atoms with Gasteiger partial charge in [-0.3, -0.25) is 5.10 Å². The van der Waals surface area contributed by atoms with E-state index in [-0.39, 0.29) is 0 Å². The van der Waals surface area contributed by atoms with Crippen LogP contribution in [-0.4, -0.2) is 15.4 Å². The normalized spacial score (nSPS) is 11.3. The zero-order chi connectivity index (χ0) is 10.4. The van der Waals surface area contributed by atoms with E-state index in [0.717, 1.165) is 16.6 Å². The lowest BCUT2D eigenvalue weighted by Crippen LogP contribution is -2.08. The molecule has 15 heavy (non-hydrogen) atoms. The van der Waals surface area contributed by atoms with E-state index < -0.39 is 0 Å². The molecule has 6 heteroatoms. The van der Waals surface area contributed by atoms with Crippen molar-refractivity contribution in [3.8, 4) is 0 Å². The molecular formula is C9H7N4O2+. The lowest BCUT2D eigenvalue weighted by Gasteiger charge is -1.95. The predicted molar refractivity (Wildman–Crippen MR) is 51.8 cm³/mol. The number of aromatic nitrogens is 4. The van der Waals surface area contributed by atoms with Gasteiger partial charge in [-0.15, -0.1) is 0 Å². The van der Waals surface area contributed by atoms with Gasteiger partial charge in [0, 0.05) is 6.07 Å². The fraction of sp³-hybridized carbons (Fsp3) is 0.111. The molecule has 6 nitrogen and oxygen atoms in total. The van der Waals surface area contributed by atoms with Gasteiger partial charge in [0.25, 0.3) is 11.0 Å². The fourth-order valence-electron chi connectivity index (χ4n) is 1.59. The van der Waals surface area contributed by atoms with E-state index in [4.69, 9.17) is 0 Å². The molecule has 0 atom stereocenters. The first-order valence-corrected chi connectivity index (χ1v) is 4.43. The van der Waals surface area contributed by atoms with Crippen molar-refractivity contribution in [3.05, 3.63) is 28.8 Å². The van der Waals surface area contributed by atoms with Gasteiger partial charge in [-0.05, 0) is 28.6 Å². The number of nitrogens with one attached hydrogen (secondary N) is 1. The molecule has 0 saturated carbocycles. The van der Waals surface area contributed by atoms with E-state index in [0.29, 0.717) is 15.6 Å². The van der Waals surface area contributed by atoms with E-state index in [2.05, 4.69) is 20.0 Å². The number of hydrogen-bond acceptors (Lipinski definition) is 4. The average molecular weight is 203 g/mol. The molecule has 0 aliphatic heterocycles. The lowest BCUT2D eigenvalue weighted by molar-refractivity contribution is -0.692. The van der Waals surface area contributed by atoms with Crippen molar-refractivity contribution in [2.75, 3.05) is 0 Å². The third-order valence-electron chi connectivity index (χ3n) is 2.30. The molecule has 0 aliphatic rings. The summed E-state index contributed by atoms with van der Waals surface area (Å²) in [5.41, 5.74) is 2.61. The summed E-state index contributed by atoms with van der Waals surface area (Å²) >= 11 is 0. The van der Waals surface area contributed by atoms with Gasteiger partial charge in [-0.25, -0.2) is 0 Å². The standard InChI is InChI=1S/C9H7N4O2/c1-5-4-6-7(11-10-5)2-3-8-9(6)12-15-13(8)14/h2-4,11H,1H3/q+1. The number of rotatable bonds is 0. The van der Waals surface area contributed by atoms with Crippen molar-refractivity contribution in [2.45, 2.75) is 6.92 Å². The first-order valence-electron chi connectivity index (χ1n) is 4.43. The average Bonchev–Trinajstić information content (AvgIpc) is 2.61. The number of aromatic amines is 1. The number of H-pyrrole nitrogens is 1. The van der Waals surface area contributed by atoms with Gasteiger partial charge in [0.05, 0.1) is 16.6 Å². The van der Waals surface area contributed by atoms with E-state index in [9.17, 15) is 4.91 Å². The first kappa shape index (κ1) is 8.10. The first-order chi connectivity index (χ1) is 7.25. The number of aryl methyl sites for hydroxylation is 1. The van der Waals surface area contributed by atoms with Crippen LogP contribution in [0, 0.1) is 11.8 Å². The molecule has 0 bridgehead atoms.